The van der Waals surface area contributed by atoms with Crippen molar-refractivity contribution < 1.29 is 18.0 Å². The molecule has 3 aromatic heterocycles. The molecule has 0 unspecified atom stereocenters. The predicted molar refractivity (Wildman–Crippen MR) is 173 cm³/mol. The Morgan fingerprint density at radius 3 is 2.21 bits per heavy atom. The molecule has 9 heteroatoms. The van der Waals surface area contributed by atoms with E-state index in [9.17, 15) is 18.0 Å². The number of nitrogens with zero attached hydrogens (tertiary/aromatic N) is 3. The monoisotopic (exact) mass is 616 g/mol. The van der Waals surface area contributed by atoms with Gasteiger partial charge in [-0.05, 0) is 55.0 Å². The molecule has 0 bridgehead atoms. The highest BCUT2D eigenvalue weighted by atomic mass is 32.1. The number of imidazole rings is 1. The van der Waals surface area contributed by atoms with Crippen LogP contribution in [0.5, 0.6) is 0 Å². The minimum atomic E-state index is -4.43. The first-order valence-corrected chi connectivity index (χ1v) is 16.4. The maximum atomic E-state index is 13.0. The number of nitrogens with one attached hydrogen (secondary N) is 1. The molecule has 1 N–H and O–H groups in total. The van der Waals surface area contributed by atoms with Crippen molar-refractivity contribution in [2.75, 3.05) is 5.32 Å². The Hall–Kier alpha value is -3.20. The van der Waals surface area contributed by atoms with Crippen molar-refractivity contribution >= 4 is 28.6 Å². The van der Waals surface area contributed by atoms with Crippen molar-refractivity contribution in [3.8, 4) is 0 Å². The lowest BCUT2D eigenvalue weighted by Crippen LogP contribution is -2.15. The molecule has 236 valence electrons. The van der Waals surface area contributed by atoms with E-state index in [1.165, 1.54) is 49.1 Å². The van der Waals surface area contributed by atoms with Gasteiger partial charge >= 0.3 is 6.18 Å². The SMILES string of the molecule is CCCCCCC.CCCc1c(C(=O)Nc2cc(CC)cc(C(F)(F)F)c2)csc1CC.CCc1cnc2cnccn12. The van der Waals surface area contributed by atoms with E-state index in [2.05, 4.69) is 36.1 Å². The number of aryl methyl sites for hydroxylation is 3. The summed E-state index contributed by atoms with van der Waals surface area (Å²) in [4.78, 5) is 21.9. The molecular weight excluding hydrogens is 569 g/mol. The third-order valence-electron chi connectivity index (χ3n) is 7.00. The van der Waals surface area contributed by atoms with E-state index in [-0.39, 0.29) is 11.6 Å². The first-order valence-electron chi connectivity index (χ1n) is 15.5. The number of aromatic nitrogens is 3. The van der Waals surface area contributed by atoms with E-state index in [1.807, 2.05) is 30.6 Å². The molecule has 0 fully saturated rings. The quantitative estimate of drug-likeness (QED) is 0.171. The number of halogens is 3. The average molecular weight is 617 g/mol. The molecule has 4 rings (SSSR count). The molecule has 0 aliphatic heterocycles. The van der Waals surface area contributed by atoms with E-state index >= 15 is 0 Å². The number of rotatable bonds is 11. The summed E-state index contributed by atoms with van der Waals surface area (Å²) in [6.45, 7) is 12.5. The van der Waals surface area contributed by atoms with Crippen LogP contribution in [0.4, 0.5) is 18.9 Å². The van der Waals surface area contributed by atoms with Crippen LogP contribution in [0, 0.1) is 0 Å². The summed E-state index contributed by atoms with van der Waals surface area (Å²) >= 11 is 1.53. The van der Waals surface area contributed by atoms with Crippen LogP contribution in [0.15, 0.2) is 48.4 Å². The van der Waals surface area contributed by atoms with Gasteiger partial charge in [0.25, 0.3) is 5.91 Å². The van der Waals surface area contributed by atoms with Crippen LogP contribution in [-0.4, -0.2) is 20.3 Å². The summed E-state index contributed by atoms with van der Waals surface area (Å²) in [6.07, 6.45) is 13.9. The largest absolute Gasteiger partial charge is 0.416 e. The van der Waals surface area contributed by atoms with Gasteiger partial charge in [0, 0.05) is 40.2 Å². The van der Waals surface area contributed by atoms with E-state index in [0.717, 1.165) is 53.9 Å². The van der Waals surface area contributed by atoms with Gasteiger partial charge in [-0.3, -0.25) is 9.78 Å². The first-order chi connectivity index (χ1) is 20.6. The van der Waals surface area contributed by atoms with Crippen LogP contribution >= 0.6 is 11.3 Å². The van der Waals surface area contributed by atoms with Crippen LogP contribution in [0.1, 0.15) is 118 Å². The van der Waals surface area contributed by atoms with Gasteiger partial charge in [-0.15, -0.1) is 11.3 Å². The Labute approximate surface area is 259 Å². The van der Waals surface area contributed by atoms with Crippen molar-refractivity contribution in [3.63, 3.8) is 0 Å². The second-order valence-electron chi connectivity index (χ2n) is 10.3. The maximum absolute atomic E-state index is 13.0. The Morgan fingerprint density at radius 1 is 0.907 bits per heavy atom. The highest BCUT2D eigenvalue weighted by Gasteiger charge is 2.31. The molecule has 3 heterocycles. The van der Waals surface area contributed by atoms with Crippen molar-refractivity contribution in [1.29, 1.82) is 0 Å². The second kappa shape index (κ2) is 18.5. The molecule has 0 saturated carbocycles. The fraction of sp³-hybridized carbons (Fsp3) is 0.500. The van der Waals surface area contributed by atoms with Crippen molar-refractivity contribution in [3.05, 3.63) is 81.2 Å². The van der Waals surface area contributed by atoms with Gasteiger partial charge in [-0.1, -0.05) is 80.1 Å². The van der Waals surface area contributed by atoms with Crippen LogP contribution in [-0.2, 0) is 31.9 Å². The summed E-state index contributed by atoms with van der Waals surface area (Å²) < 4.78 is 41.2. The van der Waals surface area contributed by atoms with E-state index in [1.54, 1.807) is 30.8 Å². The number of thiophene rings is 1. The van der Waals surface area contributed by atoms with E-state index in [0.29, 0.717) is 17.5 Å². The molecule has 5 nitrogen and oxygen atoms in total. The maximum Gasteiger partial charge on any atom is 0.416 e. The molecular formula is C34H47F3N4OS. The number of anilines is 1. The summed E-state index contributed by atoms with van der Waals surface area (Å²) in [7, 11) is 0. The third kappa shape index (κ3) is 11.1. The van der Waals surface area contributed by atoms with E-state index in [4.69, 9.17) is 0 Å². The lowest BCUT2D eigenvalue weighted by atomic mass is 10.0. The molecule has 1 aromatic carbocycles. The van der Waals surface area contributed by atoms with Gasteiger partial charge in [-0.2, -0.15) is 13.2 Å². The minimum absolute atomic E-state index is 0.184. The number of hydrogen-bond acceptors (Lipinski definition) is 4. The molecule has 0 aliphatic rings. The number of benzene rings is 1. The Balaban J connectivity index is 0.000000291. The summed E-state index contributed by atoms with van der Waals surface area (Å²) in [6, 6.07) is 3.71. The molecule has 0 spiro atoms. The molecule has 4 aromatic rings. The zero-order chi connectivity index (χ0) is 31.8. The highest BCUT2D eigenvalue weighted by Crippen LogP contribution is 2.33. The highest BCUT2D eigenvalue weighted by molar-refractivity contribution is 7.10. The smallest absolute Gasteiger partial charge is 0.322 e. The fourth-order valence-corrected chi connectivity index (χ4v) is 5.63. The van der Waals surface area contributed by atoms with Gasteiger partial charge in [0.15, 0.2) is 5.65 Å². The number of carbonyl (C=O) groups excluding carboxylic acids is 1. The zero-order valence-electron chi connectivity index (χ0n) is 26.5. The van der Waals surface area contributed by atoms with Crippen LogP contribution in [0.3, 0.4) is 0 Å². The second-order valence-corrected chi connectivity index (χ2v) is 11.3. The third-order valence-corrected chi connectivity index (χ3v) is 8.17. The Bertz CT molecular complexity index is 1390. The number of amides is 1. The lowest BCUT2D eigenvalue weighted by molar-refractivity contribution is -0.137. The minimum Gasteiger partial charge on any atom is -0.322 e. The van der Waals surface area contributed by atoms with Gasteiger partial charge < -0.3 is 9.72 Å². The molecule has 0 radical (unpaired) electrons. The Morgan fingerprint density at radius 2 is 1.63 bits per heavy atom. The summed E-state index contributed by atoms with van der Waals surface area (Å²) in [5.74, 6) is -0.347. The standard InChI is InChI=1S/C19H22F3NOS.C8H9N3.C7H16/c1-4-7-15-16(11-25-17(15)6-3)18(24)23-14-9-12(5-2)8-13(10-14)19(20,21)22;1-2-7-5-10-8-6-9-3-4-11(7)8;1-3-5-7-6-4-2/h8-11H,4-7H2,1-3H3,(H,23,24);3-6H,2H2,1H3;3-7H2,1-2H3. The molecule has 0 saturated heterocycles. The van der Waals surface area contributed by atoms with Crippen LogP contribution < -0.4 is 5.32 Å². The van der Waals surface area contributed by atoms with Gasteiger partial charge in [0.05, 0.1) is 17.3 Å². The molecule has 43 heavy (non-hydrogen) atoms. The van der Waals surface area contributed by atoms with Crippen LogP contribution in [0.25, 0.3) is 5.65 Å². The van der Waals surface area contributed by atoms with Crippen molar-refractivity contribution in [1.82, 2.24) is 14.4 Å². The number of hydrogen-bond donors (Lipinski definition) is 1. The normalized spacial score (nSPS) is 11.0. The molecule has 1 amide bonds. The number of alkyl halides is 3. The molecule has 0 atom stereocenters. The Kier molecular flexibility index (Phi) is 15.5. The topological polar surface area (TPSA) is 59.3 Å². The fourth-order valence-electron chi connectivity index (χ4n) is 4.60. The van der Waals surface area contributed by atoms with Gasteiger partial charge in [-0.25, -0.2) is 4.98 Å². The average Bonchev–Trinajstić information content (AvgIpc) is 3.61. The predicted octanol–water partition coefficient (Wildman–Crippen LogP) is 10.4. The molecule has 0 aliphatic carbocycles. The summed E-state index contributed by atoms with van der Waals surface area (Å²) in [5, 5.41) is 4.45. The van der Waals surface area contributed by atoms with E-state index < -0.39 is 11.7 Å². The first kappa shape index (κ1) is 36.0. The number of fused-ring (bicyclic) bond motifs is 1. The van der Waals surface area contributed by atoms with Crippen molar-refractivity contribution in [2.45, 2.75) is 112 Å². The van der Waals surface area contributed by atoms with Crippen LogP contribution in [0.2, 0.25) is 0 Å². The summed E-state index contributed by atoms with van der Waals surface area (Å²) in [5.41, 5.74) is 3.71. The van der Waals surface area contributed by atoms with Gasteiger partial charge in [0.2, 0.25) is 0 Å². The van der Waals surface area contributed by atoms with Gasteiger partial charge in [0.1, 0.15) is 0 Å². The number of carbonyl (C=O) groups is 1. The number of unbranched alkanes of at least 4 members (excludes halogenated alkanes) is 4. The lowest BCUT2D eigenvalue weighted by Gasteiger charge is -2.13. The zero-order valence-corrected chi connectivity index (χ0v) is 27.3. The van der Waals surface area contributed by atoms with Crippen molar-refractivity contribution in [2.24, 2.45) is 0 Å².